The van der Waals surface area contributed by atoms with E-state index in [1.54, 1.807) is 0 Å². The highest BCUT2D eigenvalue weighted by Crippen LogP contribution is 2.54. The lowest BCUT2D eigenvalue weighted by molar-refractivity contribution is 0.234. The molecule has 0 spiro atoms. The van der Waals surface area contributed by atoms with Crippen molar-refractivity contribution >= 4 is 0 Å². The van der Waals surface area contributed by atoms with E-state index in [9.17, 15) is 5.11 Å². The molecule has 0 aromatic heterocycles. The topological polar surface area (TPSA) is 20.2 Å². The third-order valence-electron chi connectivity index (χ3n) is 3.99. The molecule has 0 saturated heterocycles. The maximum absolute atomic E-state index is 10.2. The van der Waals surface area contributed by atoms with E-state index in [2.05, 4.69) is 26.3 Å². The maximum Gasteiger partial charge on any atom is 0.0926 e. The summed E-state index contributed by atoms with van der Waals surface area (Å²) in [6, 6.07) is 0. The SMILES string of the molecule is C=CCC1=C(O)CC(CC=C)C1(CC=C)CC=C. The number of allylic oxidation sites excluding steroid dienone is 6. The van der Waals surface area contributed by atoms with Crippen molar-refractivity contribution in [3.8, 4) is 0 Å². The van der Waals surface area contributed by atoms with Crippen molar-refractivity contribution in [2.75, 3.05) is 0 Å². The summed E-state index contributed by atoms with van der Waals surface area (Å²) in [6.07, 6.45) is 11.8. The van der Waals surface area contributed by atoms with Crippen molar-refractivity contribution in [1.29, 1.82) is 0 Å². The molecule has 1 atom stereocenters. The van der Waals surface area contributed by atoms with E-state index >= 15 is 0 Å². The van der Waals surface area contributed by atoms with Gasteiger partial charge in [-0.3, -0.25) is 0 Å². The number of hydrogen-bond donors (Lipinski definition) is 1. The first-order valence-electron chi connectivity index (χ1n) is 6.51. The van der Waals surface area contributed by atoms with Gasteiger partial charge in [0.05, 0.1) is 5.76 Å². The van der Waals surface area contributed by atoms with Crippen molar-refractivity contribution in [1.82, 2.24) is 0 Å². The highest BCUT2D eigenvalue weighted by molar-refractivity contribution is 5.31. The van der Waals surface area contributed by atoms with Crippen molar-refractivity contribution in [2.24, 2.45) is 11.3 Å². The lowest BCUT2D eigenvalue weighted by atomic mass is 9.67. The highest BCUT2D eigenvalue weighted by atomic mass is 16.3. The Morgan fingerprint density at radius 3 is 2.11 bits per heavy atom. The molecule has 1 unspecified atom stereocenters. The Morgan fingerprint density at radius 1 is 1.06 bits per heavy atom. The molecular weight excluding hydrogens is 220 g/mol. The molecule has 0 bridgehead atoms. The second kappa shape index (κ2) is 6.44. The van der Waals surface area contributed by atoms with E-state index in [4.69, 9.17) is 0 Å². The summed E-state index contributed by atoms with van der Waals surface area (Å²) >= 11 is 0. The van der Waals surface area contributed by atoms with Gasteiger partial charge in [0.2, 0.25) is 0 Å². The van der Waals surface area contributed by atoms with Gasteiger partial charge in [-0.05, 0) is 37.2 Å². The van der Waals surface area contributed by atoms with Gasteiger partial charge < -0.3 is 5.11 Å². The first-order chi connectivity index (χ1) is 8.66. The van der Waals surface area contributed by atoms with E-state index < -0.39 is 0 Å². The monoisotopic (exact) mass is 244 g/mol. The Balaban J connectivity index is 3.20. The fourth-order valence-corrected chi connectivity index (χ4v) is 3.24. The fourth-order valence-electron chi connectivity index (χ4n) is 3.24. The molecular formula is C17H24O. The third-order valence-corrected chi connectivity index (χ3v) is 3.99. The van der Waals surface area contributed by atoms with Gasteiger partial charge in [-0.1, -0.05) is 24.3 Å². The first-order valence-corrected chi connectivity index (χ1v) is 6.51. The molecule has 0 amide bonds. The van der Waals surface area contributed by atoms with Crippen molar-refractivity contribution in [2.45, 2.75) is 32.1 Å². The number of aliphatic hydroxyl groups is 1. The van der Waals surface area contributed by atoms with E-state index in [0.29, 0.717) is 11.7 Å². The van der Waals surface area contributed by atoms with Crippen LogP contribution in [0.1, 0.15) is 32.1 Å². The van der Waals surface area contributed by atoms with Gasteiger partial charge in [0.1, 0.15) is 0 Å². The van der Waals surface area contributed by atoms with Crippen molar-refractivity contribution in [3.63, 3.8) is 0 Å². The Bertz CT molecular complexity index is 363. The van der Waals surface area contributed by atoms with Gasteiger partial charge in [-0.2, -0.15) is 0 Å². The summed E-state index contributed by atoms with van der Waals surface area (Å²) in [5.41, 5.74) is 1.07. The molecule has 18 heavy (non-hydrogen) atoms. The standard InChI is InChI=1S/C17H24O/c1-5-9-14-13-16(18)15(10-6-2)17(14,11-7-3)12-8-4/h5-8,14,18H,1-4,9-13H2. The van der Waals surface area contributed by atoms with Crippen LogP contribution in [0, 0.1) is 11.3 Å². The van der Waals surface area contributed by atoms with E-state index in [1.807, 2.05) is 24.3 Å². The van der Waals surface area contributed by atoms with Crippen molar-refractivity contribution in [3.05, 3.63) is 62.0 Å². The smallest absolute Gasteiger partial charge is 0.0926 e. The summed E-state index contributed by atoms with van der Waals surface area (Å²) in [4.78, 5) is 0. The van der Waals surface area contributed by atoms with Gasteiger partial charge >= 0.3 is 0 Å². The summed E-state index contributed by atoms with van der Waals surface area (Å²) in [7, 11) is 0. The minimum Gasteiger partial charge on any atom is -0.512 e. The minimum absolute atomic E-state index is 0.0457. The molecule has 1 rings (SSSR count). The van der Waals surface area contributed by atoms with Crippen LogP contribution in [0.3, 0.4) is 0 Å². The molecule has 0 aromatic carbocycles. The molecule has 98 valence electrons. The van der Waals surface area contributed by atoms with E-state index in [0.717, 1.165) is 37.7 Å². The molecule has 1 nitrogen and oxygen atoms in total. The zero-order chi connectivity index (χ0) is 13.6. The molecule has 0 fully saturated rings. The zero-order valence-electron chi connectivity index (χ0n) is 11.2. The van der Waals surface area contributed by atoms with Crippen LogP contribution in [0.15, 0.2) is 62.0 Å². The molecule has 0 heterocycles. The Kier molecular flexibility index (Phi) is 5.21. The quantitative estimate of drug-likeness (QED) is 0.588. The predicted octanol–water partition coefficient (Wildman–Crippen LogP) is 5.11. The normalized spacial score (nSPS) is 21.7. The minimum atomic E-state index is -0.0457. The van der Waals surface area contributed by atoms with Gasteiger partial charge in [0.15, 0.2) is 0 Å². The van der Waals surface area contributed by atoms with Crippen LogP contribution >= 0.6 is 0 Å². The van der Waals surface area contributed by atoms with Crippen LogP contribution in [0.2, 0.25) is 0 Å². The molecule has 1 aliphatic carbocycles. The van der Waals surface area contributed by atoms with Gasteiger partial charge in [0, 0.05) is 11.8 Å². The third kappa shape index (κ3) is 2.50. The van der Waals surface area contributed by atoms with Gasteiger partial charge in [0.25, 0.3) is 0 Å². The molecule has 1 heteroatoms. The van der Waals surface area contributed by atoms with E-state index in [1.165, 1.54) is 0 Å². The van der Waals surface area contributed by atoms with Crippen LogP contribution in [-0.2, 0) is 0 Å². The first kappa shape index (κ1) is 14.6. The summed E-state index contributed by atoms with van der Waals surface area (Å²) in [5, 5.41) is 10.2. The van der Waals surface area contributed by atoms with Gasteiger partial charge in [-0.25, -0.2) is 0 Å². The van der Waals surface area contributed by atoms with Crippen LogP contribution in [0.25, 0.3) is 0 Å². The second-order valence-electron chi connectivity index (χ2n) is 4.99. The Labute approximate surface area is 111 Å². The Hall–Kier alpha value is -1.50. The van der Waals surface area contributed by atoms with Crippen LogP contribution in [-0.4, -0.2) is 5.11 Å². The number of rotatable bonds is 8. The largest absolute Gasteiger partial charge is 0.512 e. The van der Waals surface area contributed by atoms with Crippen molar-refractivity contribution < 1.29 is 5.11 Å². The van der Waals surface area contributed by atoms with E-state index in [-0.39, 0.29) is 5.41 Å². The van der Waals surface area contributed by atoms with Gasteiger partial charge in [-0.15, -0.1) is 26.3 Å². The summed E-state index contributed by atoms with van der Waals surface area (Å²) in [6.45, 7) is 15.4. The molecule has 0 aliphatic heterocycles. The summed E-state index contributed by atoms with van der Waals surface area (Å²) in [5.74, 6) is 0.923. The van der Waals surface area contributed by atoms with Crippen LogP contribution in [0.5, 0.6) is 0 Å². The summed E-state index contributed by atoms with van der Waals surface area (Å²) < 4.78 is 0. The zero-order valence-corrected chi connectivity index (χ0v) is 11.2. The van der Waals surface area contributed by atoms with Crippen LogP contribution < -0.4 is 0 Å². The number of aliphatic hydroxyl groups excluding tert-OH is 1. The molecule has 0 radical (unpaired) electrons. The molecule has 0 aromatic rings. The van der Waals surface area contributed by atoms with Crippen LogP contribution in [0.4, 0.5) is 0 Å². The predicted molar refractivity (Wildman–Crippen MR) is 79.5 cm³/mol. The highest BCUT2D eigenvalue weighted by Gasteiger charge is 2.45. The number of hydrogen-bond acceptors (Lipinski definition) is 1. The molecule has 1 aliphatic rings. The molecule has 1 N–H and O–H groups in total. The molecule has 0 saturated carbocycles. The second-order valence-corrected chi connectivity index (χ2v) is 4.99. The average Bonchev–Trinajstić information content (AvgIpc) is 2.57. The lowest BCUT2D eigenvalue weighted by Gasteiger charge is -2.36. The maximum atomic E-state index is 10.2. The fraction of sp³-hybridized carbons (Fsp3) is 0.412. The Morgan fingerprint density at radius 2 is 1.67 bits per heavy atom. The average molecular weight is 244 g/mol. The lowest BCUT2D eigenvalue weighted by Crippen LogP contribution is -2.27.